The summed E-state index contributed by atoms with van der Waals surface area (Å²) in [6, 6.07) is 60.4. The molecule has 6 aromatic rings. The molecule has 0 N–H and O–H groups in total. The van der Waals surface area contributed by atoms with Crippen LogP contribution in [0.2, 0.25) is 0 Å². The van der Waals surface area contributed by atoms with Crippen molar-refractivity contribution in [3.63, 3.8) is 0 Å². The van der Waals surface area contributed by atoms with Gasteiger partial charge >= 0.3 is 24.8 Å². The van der Waals surface area contributed by atoms with Gasteiger partial charge in [-0.25, -0.2) is 0 Å². The molecule has 0 saturated carbocycles. The quantitative estimate of drug-likeness (QED) is 0.0562. The van der Waals surface area contributed by atoms with Gasteiger partial charge in [-0.15, -0.1) is 23.2 Å². The van der Waals surface area contributed by atoms with Gasteiger partial charge in [-0.05, 0) is 41.7 Å². The van der Waals surface area contributed by atoms with E-state index in [2.05, 4.69) is 189 Å². The summed E-state index contributed by atoms with van der Waals surface area (Å²) in [7, 11) is 3.23. The molecule has 43 heavy (non-hydrogen) atoms. The van der Waals surface area contributed by atoms with E-state index >= 15 is 0 Å². The predicted octanol–water partition coefficient (Wildman–Crippen LogP) is 9.84. The SMILES string of the molecule is [Cl][Ni].c1ccc(P(CCCC[C-](c2cccc3ccccc23)P(c2ccccc2)c2ccccc2)c2ccccc2)cc1. The normalized spacial score (nSPS) is 10.9. The molecule has 0 aliphatic carbocycles. The maximum Gasteiger partial charge on any atom is -0.0195 e. The van der Waals surface area contributed by atoms with Crippen molar-refractivity contribution in [3.8, 4) is 0 Å². The summed E-state index contributed by atoms with van der Waals surface area (Å²) in [6.45, 7) is 0. The number of rotatable bonds is 11. The van der Waals surface area contributed by atoms with Crippen molar-refractivity contribution in [2.75, 3.05) is 6.16 Å². The van der Waals surface area contributed by atoms with E-state index in [1.165, 1.54) is 56.6 Å². The zero-order chi connectivity index (χ0) is 29.7. The summed E-state index contributed by atoms with van der Waals surface area (Å²) in [5.41, 5.74) is 2.99. The summed E-state index contributed by atoms with van der Waals surface area (Å²) in [6.07, 6.45) is 4.68. The van der Waals surface area contributed by atoms with Gasteiger partial charge < -0.3 is 0 Å². The van der Waals surface area contributed by atoms with Crippen LogP contribution in [0.4, 0.5) is 0 Å². The standard InChI is InChI=1S/C39H35P2.ClH.Ni/c1-5-20-33(21-6-1)40(34-22-7-2-8-23-34)31-16-15-30-39(38-29-17-19-32-18-13-14-28-37(32)38)41(35-24-9-3-10-25-35)36-26-11-4-12-27-36;;/h1-14,17-29H,15-16,30-31H2;1H;/q-1;;+1/p-1. The molecular formula is C39H35ClNiP2-. The van der Waals surface area contributed by atoms with Gasteiger partial charge in [0.2, 0.25) is 0 Å². The Morgan fingerprint density at radius 2 is 0.907 bits per heavy atom. The number of unbranched alkanes of at least 4 members (excludes halogenated alkanes) is 1. The molecule has 0 aromatic heterocycles. The van der Waals surface area contributed by atoms with Crippen LogP contribution in [-0.2, 0) is 14.6 Å². The number of benzene rings is 6. The monoisotopic (exact) mass is 658 g/mol. The largest absolute Gasteiger partial charge is 0.176 e. The number of hydrogen-bond acceptors (Lipinski definition) is 0. The average molecular weight is 660 g/mol. The fourth-order valence-electron chi connectivity index (χ4n) is 5.64. The van der Waals surface area contributed by atoms with E-state index < -0.39 is 7.92 Å². The van der Waals surface area contributed by atoms with Crippen molar-refractivity contribution < 1.29 is 14.6 Å². The van der Waals surface area contributed by atoms with Crippen molar-refractivity contribution in [3.05, 3.63) is 175 Å². The molecule has 0 atom stereocenters. The van der Waals surface area contributed by atoms with Crippen molar-refractivity contribution in [2.45, 2.75) is 19.3 Å². The second kappa shape index (κ2) is 16.8. The first-order valence-corrected chi connectivity index (χ1v) is 18.8. The topological polar surface area (TPSA) is 0 Å². The van der Waals surface area contributed by atoms with Crippen LogP contribution >= 0.6 is 26.0 Å². The first kappa shape index (κ1) is 31.5. The van der Waals surface area contributed by atoms with Crippen molar-refractivity contribution in [2.24, 2.45) is 0 Å². The summed E-state index contributed by atoms with van der Waals surface area (Å²) in [5, 5.41) is 8.47. The third kappa shape index (κ3) is 8.18. The maximum atomic E-state index is 4.26. The van der Waals surface area contributed by atoms with Crippen molar-refractivity contribution in [1.29, 1.82) is 0 Å². The molecule has 0 aliphatic heterocycles. The van der Waals surface area contributed by atoms with E-state index in [1.54, 1.807) is 5.66 Å². The molecule has 0 nitrogen and oxygen atoms in total. The van der Waals surface area contributed by atoms with Gasteiger partial charge in [0, 0.05) is 0 Å². The van der Waals surface area contributed by atoms with Crippen LogP contribution in [-0.4, -0.2) is 6.16 Å². The summed E-state index contributed by atoms with van der Waals surface area (Å²) in [5.74, 6) is 0. The first-order chi connectivity index (χ1) is 21.4. The molecule has 6 rings (SSSR count). The second-order valence-corrected chi connectivity index (χ2v) is 14.8. The maximum absolute atomic E-state index is 4.26. The second-order valence-electron chi connectivity index (χ2n) is 10.3. The molecule has 4 heteroatoms. The summed E-state index contributed by atoms with van der Waals surface area (Å²) >= 11 is 3.35. The van der Waals surface area contributed by atoms with Gasteiger partial charge in [0.1, 0.15) is 0 Å². The van der Waals surface area contributed by atoms with Gasteiger partial charge in [-0.1, -0.05) is 172 Å². The zero-order valence-corrected chi connectivity index (χ0v) is 27.5. The fourth-order valence-corrected chi connectivity index (χ4v) is 10.7. The minimum atomic E-state index is -0.661. The van der Waals surface area contributed by atoms with Gasteiger partial charge in [0.15, 0.2) is 0 Å². The van der Waals surface area contributed by atoms with Crippen LogP contribution in [0.25, 0.3) is 10.8 Å². The van der Waals surface area contributed by atoms with Crippen LogP contribution in [0.15, 0.2) is 164 Å². The smallest absolute Gasteiger partial charge is 0.0195 e. The van der Waals surface area contributed by atoms with E-state index in [0.717, 1.165) is 6.42 Å². The number of fused-ring (bicyclic) bond motifs is 1. The van der Waals surface area contributed by atoms with Gasteiger partial charge in [-0.2, -0.15) is 11.6 Å². The summed E-state index contributed by atoms with van der Waals surface area (Å²) < 4.78 is 0. The Kier molecular flexibility index (Phi) is 12.3. The molecule has 0 unspecified atom stereocenters. The van der Waals surface area contributed by atoms with E-state index in [0.29, 0.717) is 0 Å². The van der Waals surface area contributed by atoms with Gasteiger partial charge in [-0.3, -0.25) is 0 Å². The van der Waals surface area contributed by atoms with Crippen LogP contribution in [0.5, 0.6) is 0 Å². The van der Waals surface area contributed by atoms with Gasteiger partial charge in [0.25, 0.3) is 0 Å². The molecule has 0 saturated heterocycles. The molecule has 0 spiro atoms. The fraction of sp³-hybridized carbons (Fsp3) is 0.103. The van der Waals surface area contributed by atoms with Crippen molar-refractivity contribution >= 4 is 58.0 Å². The Hall–Kier alpha value is -2.91. The molecule has 0 heterocycles. The first-order valence-electron chi connectivity index (χ1n) is 14.6. The molecule has 0 fully saturated rings. The predicted molar refractivity (Wildman–Crippen MR) is 189 cm³/mol. The Balaban J connectivity index is 0.00000180. The van der Waals surface area contributed by atoms with E-state index in [-0.39, 0.29) is 7.92 Å². The Labute approximate surface area is 271 Å². The summed E-state index contributed by atoms with van der Waals surface area (Å²) in [4.78, 5) is 0. The van der Waals surface area contributed by atoms with Crippen LogP contribution in [0.3, 0.4) is 0 Å². The molecular weight excluding hydrogens is 625 g/mol. The van der Waals surface area contributed by atoms with E-state index in [4.69, 9.17) is 0 Å². The molecule has 219 valence electrons. The molecule has 0 bridgehead atoms. The van der Waals surface area contributed by atoms with Crippen LogP contribution in [0, 0.1) is 5.66 Å². The minimum absolute atomic E-state index is 0.371. The minimum Gasteiger partial charge on any atom is -0.176 e. The van der Waals surface area contributed by atoms with E-state index in [9.17, 15) is 0 Å². The van der Waals surface area contributed by atoms with E-state index in [1.807, 2.05) is 0 Å². The number of halogens is 1. The van der Waals surface area contributed by atoms with Gasteiger partial charge in [0.05, 0.1) is 0 Å². The Morgan fingerprint density at radius 3 is 1.44 bits per heavy atom. The van der Waals surface area contributed by atoms with Crippen molar-refractivity contribution in [1.82, 2.24) is 0 Å². The molecule has 0 radical (unpaired) electrons. The zero-order valence-electron chi connectivity index (χ0n) is 24.0. The Morgan fingerprint density at radius 1 is 0.465 bits per heavy atom. The average Bonchev–Trinajstić information content (AvgIpc) is 3.10. The molecule has 0 aliphatic rings. The Bertz CT molecular complexity index is 1560. The third-order valence-corrected chi connectivity index (χ3v) is 12.8. The third-order valence-electron chi connectivity index (χ3n) is 7.58. The van der Waals surface area contributed by atoms with Crippen LogP contribution < -0.4 is 21.2 Å². The molecule has 6 aromatic carbocycles. The number of hydrogen-bond donors (Lipinski definition) is 0. The van der Waals surface area contributed by atoms with Crippen LogP contribution in [0.1, 0.15) is 24.8 Å². The molecule has 0 amide bonds.